The van der Waals surface area contributed by atoms with Gasteiger partial charge in [0.2, 0.25) is 5.91 Å². The van der Waals surface area contributed by atoms with Crippen molar-refractivity contribution in [2.45, 2.75) is 56.9 Å². The summed E-state index contributed by atoms with van der Waals surface area (Å²) >= 11 is 1.55. The van der Waals surface area contributed by atoms with E-state index in [2.05, 4.69) is 19.2 Å². The smallest absolute Gasteiger partial charge is 0.242 e. The molecule has 2 bridgehead atoms. The maximum absolute atomic E-state index is 12.1. The highest BCUT2D eigenvalue weighted by atomic mass is 32.2. The highest BCUT2D eigenvalue weighted by Crippen LogP contribution is 2.47. The van der Waals surface area contributed by atoms with E-state index in [1.165, 1.54) is 0 Å². The van der Waals surface area contributed by atoms with Crippen LogP contribution in [-0.4, -0.2) is 33.1 Å². The van der Waals surface area contributed by atoms with Gasteiger partial charge in [0.1, 0.15) is 4.75 Å². The molecule has 1 aliphatic heterocycles. The number of nitrogens with zero attached hydrogens (tertiary/aromatic N) is 1. The molecule has 0 aromatic rings. The lowest BCUT2D eigenvalue weighted by Crippen LogP contribution is -2.38. The molecule has 2 saturated carbocycles. The molecule has 1 saturated heterocycles. The number of amides is 1. The molecule has 5 heteroatoms. The van der Waals surface area contributed by atoms with E-state index in [1.807, 2.05) is 6.92 Å². The Hall–Kier alpha value is -0.550. The maximum Gasteiger partial charge on any atom is 0.242 e. The number of carbonyl (C=O) groups is 1. The quantitative estimate of drug-likeness (QED) is 0.811. The standard InChI is InChI=1S/C14H22N2O2S/c1-7(2)14(3)12(18)16-13(19-14)15-10-5-8-4-9(10)11(17)6-8/h7-11,17H,4-6H2,1-3H3,(H,15,16,18)/t8-,9+,10+,11-,14+/m1/s1. The van der Waals surface area contributed by atoms with Crippen molar-refractivity contribution in [3.05, 3.63) is 0 Å². The predicted octanol–water partition coefficient (Wildman–Crippen LogP) is 1.78. The van der Waals surface area contributed by atoms with Gasteiger partial charge in [-0.25, -0.2) is 0 Å². The largest absolute Gasteiger partial charge is 0.393 e. The van der Waals surface area contributed by atoms with Gasteiger partial charge in [-0.05, 0) is 38.0 Å². The van der Waals surface area contributed by atoms with Gasteiger partial charge >= 0.3 is 0 Å². The number of hydrogen-bond acceptors (Lipinski definition) is 4. The predicted molar refractivity (Wildman–Crippen MR) is 77.0 cm³/mol. The molecule has 1 amide bonds. The monoisotopic (exact) mass is 282 g/mol. The zero-order valence-electron chi connectivity index (χ0n) is 11.7. The molecular formula is C14H22N2O2S. The SMILES string of the molecule is CC(C)[C@]1(C)SC(=N[C@H]2C[C@H]3C[C@@H]2[C@H](O)C3)NC1=O. The lowest BCUT2D eigenvalue weighted by atomic mass is 9.93. The normalized spacial score (nSPS) is 47.4. The molecule has 4 nitrogen and oxygen atoms in total. The zero-order chi connectivity index (χ0) is 13.8. The maximum atomic E-state index is 12.1. The van der Waals surface area contributed by atoms with Crippen LogP contribution in [0.2, 0.25) is 0 Å². The molecule has 5 atom stereocenters. The Morgan fingerprint density at radius 2 is 2.16 bits per heavy atom. The van der Waals surface area contributed by atoms with E-state index in [4.69, 9.17) is 4.99 Å². The Labute approximate surface area is 118 Å². The first-order valence-electron chi connectivity index (χ1n) is 7.16. The number of amidine groups is 1. The molecular weight excluding hydrogens is 260 g/mol. The lowest BCUT2D eigenvalue weighted by molar-refractivity contribution is -0.122. The van der Waals surface area contributed by atoms with Gasteiger partial charge in [0, 0.05) is 5.92 Å². The van der Waals surface area contributed by atoms with Crippen LogP contribution in [0.4, 0.5) is 0 Å². The van der Waals surface area contributed by atoms with Gasteiger partial charge in [0.25, 0.3) is 0 Å². The fraction of sp³-hybridized carbons (Fsp3) is 0.857. The average Bonchev–Trinajstić information content (AvgIpc) is 2.93. The van der Waals surface area contributed by atoms with Crippen LogP contribution in [0.5, 0.6) is 0 Å². The summed E-state index contributed by atoms with van der Waals surface area (Å²) < 4.78 is -0.408. The topological polar surface area (TPSA) is 61.7 Å². The molecule has 0 aromatic heterocycles. The van der Waals surface area contributed by atoms with E-state index in [-0.39, 0.29) is 24.0 Å². The van der Waals surface area contributed by atoms with Crippen LogP contribution in [0.3, 0.4) is 0 Å². The van der Waals surface area contributed by atoms with E-state index >= 15 is 0 Å². The molecule has 2 N–H and O–H groups in total. The number of hydrogen-bond donors (Lipinski definition) is 2. The fourth-order valence-corrected chi connectivity index (χ4v) is 4.62. The molecule has 3 aliphatic rings. The van der Waals surface area contributed by atoms with Gasteiger partial charge < -0.3 is 10.4 Å². The first-order valence-corrected chi connectivity index (χ1v) is 7.98. The summed E-state index contributed by atoms with van der Waals surface area (Å²) in [6.45, 7) is 6.11. The average molecular weight is 282 g/mol. The van der Waals surface area contributed by atoms with Crippen molar-refractivity contribution in [2.24, 2.45) is 22.7 Å². The number of thioether (sulfide) groups is 1. The van der Waals surface area contributed by atoms with Crippen molar-refractivity contribution in [1.29, 1.82) is 0 Å². The van der Waals surface area contributed by atoms with Gasteiger partial charge in [-0.1, -0.05) is 25.6 Å². The molecule has 19 heavy (non-hydrogen) atoms. The van der Waals surface area contributed by atoms with Crippen molar-refractivity contribution < 1.29 is 9.90 Å². The Balaban J connectivity index is 1.75. The van der Waals surface area contributed by atoms with E-state index in [0.29, 0.717) is 11.8 Å². The van der Waals surface area contributed by atoms with Gasteiger partial charge in [-0.2, -0.15) is 0 Å². The number of fused-ring (bicyclic) bond motifs is 2. The summed E-state index contributed by atoms with van der Waals surface area (Å²) in [6.07, 6.45) is 2.92. The van der Waals surface area contributed by atoms with Gasteiger partial charge in [0.05, 0.1) is 12.1 Å². The van der Waals surface area contributed by atoms with Crippen molar-refractivity contribution in [3.8, 4) is 0 Å². The van der Waals surface area contributed by atoms with Gasteiger partial charge in [0.15, 0.2) is 5.17 Å². The minimum absolute atomic E-state index is 0.0648. The summed E-state index contributed by atoms with van der Waals surface area (Å²) in [6, 6.07) is 0.200. The molecule has 0 radical (unpaired) electrons. The number of aliphatic hydroxyl groups is 1. The number of rotatable bonds is 2. The second kappa shape index (κ2) is 4.48. The third-order valence-electron chi connectivity index (χ3n) is 5.11. The second-order valence-electron chi connectivity index (χ2n) is 6.62. The molecule has 0 spiro atoms. The van der Waals surface area contributed by atoms with Crippen LogP contribution in [-0.2, 0) is 4.79 Å². The number of carbonyl (C=O) groups excluding carboxylic acids is 1. The first-order chi connectivity index (χ1) is 8.90. The zero-order valence-corrected chi connectivity index (χ0v) is 12.5. The summed E-state index contributed by atoms with van der Waals surface area (Å²) in [5.41, 5.74) is 0. The highest BCUT2D eigenvalue weighted by molar-refractivity contribution is 8.16. The molecule has 1 heterocycles. The molecule has 2 aliphatic carbocycles. The number of nitrogens with one attached hydrogen (secondary N) is 1. The molecule has 106 valence electrons. The van der Waals surface area contributed by atoms with Crippen LogP contribution in [0, 0.1) is 17.8 Å². The van der Waals surface area contributed by atoms with Crippen LogP contribution in [0.15, 0.2) is 4.99 Å². The van der Waals surface area contributed by atoms with E-state index in [9.17, 15) is 9.90 Å². The Kier molecular flexibility index (Phi) is 3.17. The van der Waals surface area contributed by atoms with Gasteiger partial charge in [-0.3, -0.25) is 9.79 Å². The molecule has 0 unspecified atom stereocenters. The van der Waals surface area contributed by atoms with Gasteiger partial charge in [-0.15, -0.1) is 0 Å². The highest BCUT2D eigenvalue weighted by Gasteiger charge is 2.48. The molecule has 0 aromatic carbocycles. The van der Waals surface area contributed by atoms with Crippen molar-refractivity contribution in [1.82, 2.24) is 5.32 Å². The van der Waals surface area contributed by atoms with Crippen LogP contribution in [0.25, 0.3) is 0 Å². The fourth-order valence-electron chi connectivity index (χ4n) is 3.51. The van der Waals surface area contributed by atoms with Crippen molar-refractivity contribution >= 4 is 22.8 Å². The minimum atomic E-state index is -0.408. The second-order valence-corrected chi connectivity index (χ2v) is 8.06. The van der Waals surface area contributed by atoms with Crippen molar-refractivity contribution in [3.63, 3.8) is 0 Å². The number of aliphatic hydroxyl groups excluding tert-OH is 1. The van der Waals surface area contributed by atoms with Crippen LogP contribution < -0.4 is 5.32 Å². The summed E-state index contributed by atoms with van der Waals surface area (Å²) in [7, 11) is 0. The van der Waals surface area contributed by atoms with E-state index in [0.717, 1.165) is 24.4 Å². The molecule has 3 fully saturated rings. The van der Waals surface area contributed by atoms with Crippen LogP contribution in [0.1, 0.15) is 40.0 Å². The van der Waals surface area contributed by atoms with E-state index in [1.54, 1.807) is 11.8 Å². The summed E-state index contributed by atoms with van der Waals surface area (Å²) in [5, 5.41) is 13.6. The van der Waals surface area contributed by atoms with Crippen LogP contribution >= 0.6 is 11.8 Å². The minimum Gasteiger partial charge on any atom is -0.393 e. The lowest BCUT2D eigenvalue weighted by Gasteiger charge is -2.24. The third-order valence-corrected chi connectivity index (χ3v) is 6.59. The molecule has 3 rings (SSSR count). The summed E-state index contributed by atoms with van der Waals surface area (Å²) in [5.74, 6) is 1.28. The van der Waals surface area contributed by atoms with Crippen molar-refractivity contribution in [2.75, 3.05) is 0 Å². The third kappa shape index (κ3) is 2.11. The summed E-state index contributed by atoms with van der Waals surface area (Å²) in [4.78, 5) is 16.8. The first kappa shape index (κ1) is 13.4. The van der Waals surface area contributed by atoms with E-state index < -0.39 is 4.75 Å². The Bertz CT molecular complexity index is 437. The number of aliphatic imine (C=N–C) groups is 1. The Morgan fingerprint density at radius 3 is 2.68 bits per heavy atom. The Morgan fingerprint density at radius 1 is 1.42 bits per heavy atom.